The Morgan fingerprint density at radius 1 is 0.278 bits per heavy atom. The molecule has 0 fully saturated rings. The Hall–Kier alpha value is -7.30. The molecular weight excluding hydrogens is 661 g/mol. The summed E-state index contributed by atoms with van der Waals surface area (Å²) in [4.78, 5) is 8.75. The second kappa shape index (κ2) is 13.4. The standard InChI is InChI=1S/C50H32N2O2/c1-3-9-33(10-4-1)40-25-41(34-11-5-2-6-12-34)27-42(26-40)39-23-24-45-46(28-39)50(38-21-17-36(18-22-38)48-30-54-32-52-48)44-14-8-7-13-43(44)49(45)37-19-15-35(16-20-37)47-29-53-31-51-47/h1-32H. The second-order valence-corrected chi connectivity index (χ2v) is 13.5. The SMILES string of the molecule is c1ccc(-c2cc(-c3ccccc3)cc(-c3ccc4c(-c5ccc(-c6cocn6)cc5)c5ccccc5c(-c5ccc(-c6cocn6)cc5)c4c3)c2)cc1. The van der Waals surface area contributed by atoms with E-state index in [1.165, 1.54) is 67.7 Å². The van der Waals surface area contributed by atoms with Crippen LogP contribution in [-0.2, 0) is 0 Å². The Labute approximate surface area is 312 Å². The maximum Gasteiger partial charge on any atom is 0.181 e. The summed E-state index contributed by atoms with van der Waals surface area (Å²) in [5.74, 6) is 0. The van der Waals surface area contributed by atoms with Crippen LogP contribution in [0.15, 0.2) is 204 Å². The number of rotatable bonds is 7. The van der Waals surface area contributed by atoms with E-state index < -0.39 is 0 Å². The Kier molecular flexibility index (Phi) is 7.77. The van der Waals surface area contributed by atoms with Crippen LogP contribution in [0, 0.1) is 0 Å². The summed E-state index contributed by atoms with van der Waals surface area (Å²) >= 11 is 0. The van der Waals surface area contributed by atoms with Gasteiger partial charge < -0.3 is 8.83 Å². The van der Waals surface area contributed by atoms with Gasteiger partial charge in [-0.3, -0.25) is 0 Å². The highest BCUT2D eigenvalue weighted by molar-refractivity contribution is 6.22. The van der Waals surface area contributed by atoms with Crippen molar-refractivity contribution >= 4 is 21.5 Å². The average molecular weight is 693 g/mol. The molecule has 10 aromatic rings. The molecule has 0 saturated heterocycles. The molecule has 4 heteroatoms. The minimum absolute atomic E-state index is 0.815. The molecule has 0 amide bonds. The first-order valence-electron chi connectivity index (χ1n) is 18.0. The van der Waals surface area contributed by atoms with E-state index in [1.54, 1.807) is 12.5 Å². The molecule has 2 aromatic heterocycles. The van der Waals surface area contributed by atoms with Crippen LogP contribution < -0.4 is 0 Å². The van der Waals surface area contributed by atoms with Crippen molar-refractivity contribution in [3.05, 3.63) is 195 Å². The molecular formula is C50H32N2O2. The molecule has 10 rings (SSSR count). The zero-order valence-electron chi connectivity index (χ0n) is 29.2. The summed E-state index contributed by atoms with van der Waals surface area (Å²) in [5.41, 5.74) is 15.4. The summed E-state index contributed by atoms with van der Waals surface area (Å²) < 4.78 is 10.6. The largest absolute Gasteiger partial charge is 0.451 e. The van der Waals surface area contributed by atoms with Crippen molar-refractivity contribution in [1.82, 2.24) is 9.97 Å². The number of hydrogen-bond acceptors (Lipinski definition) is 4. The van der Waals surface area contributed by atoms with Crippen LogP contribution in [0.5, 0.6) is 0 Å². The van der Waals surface area contributed by atoms with Crippen LogP contribution in [0.25, 0.3) is 99.7 Å². The van der Waals surface area contributed by atoms with Gasteiger partial charge in [-0.15, -0.1) is 0 Å². The molecule has 0 unspecified atom stereocenters. The molecule has 0 aliphatic heterocycles. The number of fused-ring (bicyclic) bond motifs is 2. The van der Waals surface area contributed by atoms with Gasteiger partial charge in [0.2, 0.25) is 0 Å². The van der Waals surface area contributed by atoms with Crippen molar-refractivity contribution in [2.45, 2.75) is 0 Å². The molecule has 8 aromatic carbocycles. The van der Waals surface area contributed by atoms with Crippen LogP contribution in [0.2, 0.25) is 0 Å². The maximum absolute atomic E-state index is 5.29. The van der Waals surface area contributed by atoms with Crippen molar-refractivity contribution in [1.29, 1.82) is 0 Å². The fraction of sp³-hybridized carbons (Fsp3) is 0. The van der Waals surface area contributed by atoms with E-state index in [1.807, 2.05) is 0 Å². The Bertz CT molecular complexity index is 2820. The van der Waals surface area contributed by atoms with Crippen LogP contribution in [-0.4, -0.2) is 9.97 Å². The third-order valence-corrected chi connectivity index (χ3v) is 10.3. The lowest BCUT2D eigenvalue weighted by Crippen LogP contribution is -1.92. The van der Waals surface area contributed by atoms with Crippen molar-refractivity contribution < 1.29 is 8.83 Å². The molecule has 2 heterocycles. The average Bonchev–Trinajstić information content (AvgIpc) is 4.00. The molecule has 0 radical (unpaired) electrons. The van der Waals surface area contributed by atoms with E-state index >= 15 is 0 Å². The van der Waals surface area contributed by atoms with Gasteiger partial charge in [0.1, 0.15) is 23.9 Å². The van der Waals surface area contributed by atoms with Gasteiger partial charge in [-0.2, -0.15) is 0 Å². The highest BCUT2D eigenvalue weighted by Gasteiger charge is 2.19. The monoisotopic (exact) mass is 692 g/mol. The number of aromatic nitrogens is 2. The van der Waals surface area contributed by atoms with Crippen LogP contribution in [0.1, 0.15) is 0 Å². The van der Waals surface area contributed by atoms with Gasteiger partial charge >= 0.3 is 0 Å². The molecule has 0 bridgehead atoms. The minimum atomic E-state index is 0.815. The Balaban J connectivity index is 1.23. The maximum atomic E-state index is 5.29. The molecule has 0 atom stereocenters. The van der Waals surface area contributed by atoms with Crippen molar-refractivity contribution in [2.75, 3.05) is 0 Å². The van der Waals surface area contributed by atoms with Crippen molar-refractivity contribution in [3.63, 3.8) is 0 Å². The van der Waals surface area contributed by atoms with Gasteiger partial charge in [0, 0.05) is 11.1 Å². The first kappa shape index (κ1) is 31.4. The highest BCUT2D eigenvalue weighted by Crippen LogP contribution is 2.46. The molecule has 254 valence electrons. The van der Waals surface area contributed by atoms with Crippen LogP contribution in [0.3, 0.4) is 0 Å². The summed E-state index contributed by atoms with van der Waals surface area (Å²) in [6.45, 7) is 0. The summed E-state index contributed by atoms with van der Waals surface area (Å²) in [6, 6.07) is 61.2. The van der Waals surface area contributed by atoms with Crippen LogP contribution >= 0.6 is 0 Å². The van der Waals surface area contributed by atoms with E-state index in [4.69, 9.17) is 8.83 Å². The van der Waals surface area contributed by atoms with Crippen molar-refractivity contribution in [2.24, 2.45) is 0 Å². The fourth-order valence-corrected chi connectivity index (χ4v) is 7.69. The van der Waals surface area contributed by atoms with E-state index in [0.717, 1.165) is 44.8 Å². The molecule has 0 spiro atoms. The lowest BCUT2D eigenvalue weighted by atomic mass is 9.84. The van der Waals surface area contributed by atoms with Gasteiger partial charge in [0.15, 0.2) is 12.8 Å². The topological polar surface area (TPSA) is 52.1 Å². The third kappa shape index (κ3) is 5.67. The second-order valence-electron chi connectivity index (χ2n) is 13.5. The van der Waals surface area contributed by atoms with Gasteiger partial charge in [-0.1, -0.05) is 146 Å². The summed E-state index contributed by atoms with van der Waals surface area (Å²) in [6.07, 6.45) is 6.30. The number of benzene rings is 8. The Morgan fingerprint density at radius 2 is 0.667 bits per heavy atom. The first-order valence-corrected chi connectivity index (χ1v) is 18.0. The van der Waals surface area contributed by atoms with Gasteiger partial charge in [-0.05, 0) is 101 Å². The number of hydrogen-bond donors (Lipinski definition) is 0. The predicted molar refractivity (Wildman–Crippen MR) is 220 cm³/mol. The smallest absolute Gasteiger partial charge is 0.181 e. The van der Waals surface area contributed by atoms with Gasteiger partial charge in [0.25, 0.3) is 0 Å². The lowest BCUT2D eigenvalue weighted by molar-refractivity contribution is 0.558. The zero-order valence-corrected chi connectivity index (χ0v) is 29.2. The normalized spacial score (nSPS) is 11.3. The summed E-state index contributed by atoms with van der Waals surface area (Å²) in [7, 11) is 0. The Morgan fingerprint density at radius 3 is 1.13 bits per heavy atom. The van der Waals surface area contributed by atoms with E-state index in [0.29, 0.717) is 0 Å². The lowest BCUT2D eigenvalue weighted by Gasteiger charge is -2.19. The fourth-order valence-electron chi connectivity index (χ4n) is 7.69. The molecule has 0 aliphatic carbocycles. The molecule has 0 N–H and O–H groups in total. The molecule has 54 heavy (non-hydrogen) atoms. The van der Waals surface area contributed by atoms with Crippen LogP contribution in [0.4, 0.5) is 0 Å². The predicted octanol–water partition coefficient (Wildman–Crippen LogP) is 13.6. The van der Waals surface area contributed by atoms with Crippen molar-refractivity contribution in [3.8, 4) is 78.1 Å². The zero-order chi connectivity index (χ0) is 35.8. The minimum Gasteiger partial charge on any atom is -0.451 e. The molecule has 4 nitrogen and oxygen atoms in total. The molecule has 0 saturated carbocycles. The highest BCUT2D eigenvalue weighted by atomic mass is 16.3. The number of oxazole rings is 2. The van der Waals surface area contributed by atoms with Gasteiger partial charge in [0.05, 0.1) is 0 Å². The molecule has 0 aliphatic rings. The first-order chi connectivity index (χ1) is 26.8. The van der Waals surface area contributed by atoms with Gasteiger partial charge in [-0.25, -0.2) is 9.97 Å². The summed E-state index contributed by atoms with van der Waals surface area (Å²) in [5, 5.41) is 4.75. The number of nitrogens with zero attached hydrogens (tertiary/aromatic N) is 2. The van der Waals surface area contributed by atoms with E-state index in [9.17, 15) is 0 Å². The van der Waals surface area contributed by atoms with E-state index in [-0.39, 0.29) is 0 Å². The third-order valence-electron chi connectivity index (χ3n) is 10.3. The van der Waals surface area contributed by atoms with E-state index in [2.05, 4.69) is 180 Å². The quantitative estimate of drug-likeness (QED) is 0.156.